The molecule has 5 rings (SSSR count). The van der Waals surface area contributed by atoms with Gasteiger partial charge in [0, 0.05) is 17.8 Å². The number of hydrogen-bond donors (Lipinski definition) is 3. The summed E-state index contributed by atoms with van der Waals surface area (Å²) in [6.45, 7) is -0.239. The molecule has 1 saturated carbocycles. The van der Waals surface area contributed by atoms with Crippen molar-refractivity contribution in [2.24, 2.45) is 5.92 Å². The van der Waals surface area contributed by atoms with Crippen molar-refractivity contribution in [3.05, 3.63) is 47.8 Å². The zero-order valence-electron chi connectivity index (χ0n) is 19.4. The van der Waals surface area contributed by atoms with Crippen LogP contribution in [0.2, 0.25) is 5.28 Å². The van der Waals surface area contributed by atoms with E-state index in [1.165, 1.54) is 31.3 Å². The van der Waals surface area contributed by atoms with E-state index in [0.717, 1.165) is 30.3 Å². The molecule has 3 N–H and O–H groups in total. The molecule has 11 nitrogen and oxygen atoms in total. The van der Waals surface area contributed by atoms with Gasteiger partial charge in [-0.05, 0) is 42.1 Å². The Morgan fingerprint density at radius 3 is 2.75 bits per heavy atom. The summed E-state index contributed by atoms with van der Waals surface area (Å²) in [6.07, 6.45) is 5.01. The molecule has 36 heavy (non-hydrogen) atoms. The summed E-state index contributed by atoms with van der Waals surface area (Å²) in [6, 6.07) is 4.93. The van der Waals surface area contributed by atoms with Gasteiger partial charge in [-0.25, -0.2) is 9.55 Å². The lowest BCUT2D eigenvalue weighted by Crippen LogP contribution is -2.34. The molecule has 1 aliphatic heterocycles. The van der Waals surface area contributed by atoms with Crippen molar-refractivity contribution < 1.29 is 33.7 Å². The zero-order valence-corrected chi connectivity index (χ0v) is 21.0. The van der Waals surface area contributed by atoms with Crippen LogP contribution in [0.5, 0.6) is 5.75 Å². The maximum absolute atomic E-state index is 12.3. The van der Waals surface area contributed by atoms with Crippen LogP contribution in [0.15, 0.2) is 36.8 Å². The number of aliphatic hydroxyl groups excluding tert-OH is 2. The van der Waals surface area contributed by atoms with Crippen molar-refractivity contribution >= 4 is 30.2 Å². The van der Waals surface area contributed by atoms with Gasteiger partial charge in [0.25, 0.3) is 0 Å². The van der Waals surface area contributed by atoms with Gasteiger partial charge in [0.1, 0.15) is 29.7 Å². The van der Waals surface area contributed by atoms with Crippen LogP contribution in [-0.4, -0.2) is 65.9 Å². The predicted octanol–water partition coefficient (Wildman–Crippen LogP) is 3.07. The Bertz CT molecular complexity index is 1240. The summed E-state index contributed by atoms with van der Waals surface area (Å²) < 4.78 is 30.2. The second-order valence-electron chi connectivity index (χ2n) is 9.22. The predicted molar refractivity (Wildman–Crippen MR) is 130 cm³/mol. The molecule has 2 aliphatic rings. The van der Waals surface area contributed by atoms with Gasteiger partial charge in [-0.1, -0.05) is 25.7 Å². The zero-order chi connectivity index (χ0) is 25.3. The van der Waals surface area contributed by atoms with Gasteiger partial charge in [0.15, 0.2) is 12.6 Å². The highest BCUT2D eigenvalue weighted by Gasteiger charge is 2.44. The van der Waals surface area contributed by atoms with Gasteiger partial charge in [-0.3, -0.25) is 4.98 Å². The first-order valence-electron chi connectivity index (χ1n) is 11.8. The third kappa shape index (κ3) is 5.57. The van der Waals surface area contributed by atoms with E-state index >= 15 is 0 Å². The minimum absolute atomic E-state index is 0.107. The summed E-state index contributed by atoms with van der Waals surface area (Å²) in [5.41, 5.74) is 1.36. The quantitative estimate of drug-likeness (QED) is 0.274. The Balaban J connectivity index is 1.26. The summed E-state index contributed by atoms with van der Waals surface area (Å²) in [4.78, 5) is 22.7. The van der Waals surface area contributed by atoms with Crippen molar-refractivity contribution in [1.29, 1.82) is 0 Å². The first-order valence-corrected chi connectivity index (χ1v) is 14.0. The standard InChI is InChI=1S/C23H28ClN4O7P/c24-23-26-17(10-14-4-1-2-5-14)16-7-9-28(21(16)27-23)22-20(30)19(29)18(34-22)12-33-13-36(31,32)35-15-6-3-8-25-11-15/h3,6-9,11,14,18-20,22,29-30H,1-2,4-5,10,12-13H2,(H,31,32)/t18-,19-,20-,22-/m1/s1. The first-order chi connectivity index (χ1) is 17.3. The number of ether oxygens (including phenoxy) is 2. The lowest BCUT2D eigenvalue weighted by Gasteiger charge is -2.18. The lowest BCUT2D eigenvalue weighted by atomic mass is 10.0. The monoisotopic (exact) mass is 538 g/mol. The molecule has 1 saturated heterocycles. The van der Waals surface area contributed by atoms with Crippen molar-refractivity contribution in [3.8, 4) is 5.75 Å². The van der Waals surface area contributed by atoms with Crippen LogP contribution in [0.3, 0.4) is 0 Å². The van der Waals surface area contributed by atoms with Crippen molar-refractivity contribution in [1.82, 2.24) is 19.5 Å². The summed E-state index contributed by atoms with van der Waals surface area (Å²) in [7, 11) is -4.12. The van der Waals surface area contributed by atoms with Crippen molar-refractivity contribution in [3.63, 3.8) is 0 Å². The van der Waals surface area contributed by atoms with Crippen LogP contribution < -0.4 is 4.52 Å². The minimum atomic E-state index is -4.12. The second kappa shape index (κ2) is 10.7. The summed E-state index contributed by atoms with van der Waals surface area (Å²) in [5, 5.41) is 22.2. The number of aliphatic hydroxyl groups is 2. The molecule has 3 aromatic heterocycles. The van der Waals surface area contributed by atoms with Crippen LogP contribution in [0, 0.1) is 5.92 Å². The summed E-state index contributed by atoms with van der Waals surface area (Å²) >= 11 is 6.23. The maximum Gasteiger partial charge on any atom is 0.402 e. The fourth-order valence-electron chi connectivity index (χ4n) is 4.89. The minimum Gasteiger partial charge on any atom is -0.421 e. The molecule has 1 aliphatic carbocycles. The Morgan fingerprint density at radius 2 is 2.00 bits per heavy atom. The molecule has 194 valence electrons. The van der Waals surface area contributed by atoms with Gasteiger partial charge in [-0.2, -0.15) is 4.98 Å². The molecule has 0 bridgehead atoms. The molecule has 2 fully saturated rings. The molecule has 5 atom stereocenters. The SMILES string of the molecule is O=P(O)(COC[C@H]1O[C@@H](n2ccc3c(CC4CCCC4)nc(Cl)nc32)[C@H](O)[C@@H]1O)Oc1cccnc1. The molecular formula is C23H28ClN4O7P. The summed E-state index contributed by atoms with van der Waals surface area (Å²) in [5.74, 6) is 0.691. The van der Waals surface area contributed by atoms with E-state index in [1.54, 1.807) is 16.8 Å². The number of fused-ring (bicyclic) bond motifs is 1. The molecule has 4 heterocycles. The molecular weight excluding hydrogens is 511 g/mol. The molecule has 13 heteroatoms. The lowest BCUT2D eigenvalue weighted by molar-refractivity contribution is -0.0610. The Morgan fingerprint density at radius 1 is 1.19 bits per heavy atom. The van der Waals surface area contributed by atoms with E-state index in [1.807, 2.05) is 6.07 Å². The van der Waals surface area contributed by atoms with Gasteiger partial charge < -0.3 is 33.7 Å². The number of aromatic nitrogens is 4. The van der Waals surface area contributed by atoms with Gasteiger partial charge in [0.05, 0.1) is 18.5 Å². The second-order valence-corrected chi connectivity index (χ2v) is 11.3. The Kier molecular flexibility index (Phi) is 7.60. The fourth-order valence-corrected chi connectivity index (χ4v) is 5.90. The van der Waals surface area contributed by atoms with Crippen LogP contribution in [0.1, 0.15) is 37.6 Å². The number of hydrogen-bond acceptors (Lipinski definition) is 9. The van der Waals surface area contributed by atoms with E-state index in [9.17, 15) is 19.7 Å². The number of halogens is 1. The fraction of sp³-hybridized carbons (Fsp3) is 0.522. The van der Waals surface area contributed by atoms with E-state index in [4.69, 9.17) is 25.6 Å². The molecule has 0 spiro atoms. The first kappa shape index (κ1) is 25.5. The Hall–Kier alpha value is -2.11. The van der Waals surface area contributed by atoms with E-state index < -0.39 is 38.5 Å². The van der Waals surface area contributed by atoms with Crippen LogP contribution in [-0.2, 0) is 20.5 Å². The van der Waals surface area contributed by atoms with E-state index in [2.05, 4.69) is 15.0 Å². The number of pyridine rings is 1. The van der Waals surface area contributed by atoms with Gasteiger partial charge in [-0.15, -0.1) is 0 Å². The largest absolute Gasteiger partial charge is 0.421 e. The van der Waals surface area contributed by atoms with Crippen LogP contribution >= 0.6 is 19.2 Å². The molecule has 0 aromatic carbocycles. The highest BCUT2D eigenvalue weighted by molar-refractivity contribution is 7.53. The smallest absolute Gasteiger partial charge is 0.402 e. The van der Waals surface area contributed by atoms with Crippen LogP contribution in [0.4, 0.5) is 0 Å². The molecule has 0 radical (unpaired) electrons. The third-order valence-corrected chi connectivity index (χ3v) is 7.78. The average molecular weight is 539 g/mol. The highest BCUT2D eigenvalue weighted by atomic mass is 35.5. The number of rotatable bonds is 9. The molecule has 0 amide bonds. The maximum atomic E-state index is 12.3. The molecule has 3 aromatic rings. The average Bonchev–Trinajstić information content (AvgIpc) is 3.56. The third-order valence-electron chi connectivity index (χ3n) is 6.61. The van der Waals surface area contributed by atoms with Crippen LogP contribution in [0.25, 0.3) is 11.0 Å². The van der Waals surface area contributed by atoms with Gasteiger partial charge >= 0.3 is 7.60 Å². The van der Waals surface area contributed by atoms with Crippen molar-refractivity contribution in [2.45, 2.75) is 56.6 Å². The van der Waals surface area contributed by atoms with Crippen molar-refractivity contribution in [2.75, 3.05) is 13.0 Å². The normalized spacial score (nSPS) is 26.4. The number of nitrogens with zero attached hydrogens (tertiary/aromatic N) is 4. The molecule has 1 unspecified atom stereocenters. The van der Waals surface area contributed by atoms with Gasteiger partial charge in [0.2, 0.25) is 5.28 Å². The topological polar surface area (TPSA) is 149 Å². The Labute approximate surface area is 212 Å². The highest BCUT2D eigenvalue weighted by Crippen LogP contribution is 2.42. The van der Waals surface area contributed by atoms with E-state index in [-0.39, 0.29) is 17.6 Å². The van der Waals surface area contributed by atoms with E-state index in [0.29, 0.717) is 11.6 Å².